The van der Waals surface area contributed by atoms with Gasteiger partial charge >= 0.3 is 5.69 Å². The van der Waals surface area contributed by atoms with E-state index in [1.807, 2.05) is 6.92 Å². The molecule has 2 N–H and O–H groups in total. The number of pyridine rings is 1. The summed E-state index contributed by atoms with van der Waals surface area (Å²) in [6.07, 6.45) is 4.76. The molecule has 2 aromatic rings. The molecule has 0 aromatic carbocycles. The lowest BCUT2D eigenvalue weighted by Crippen LogP contribution is -2.09. The first-order valence-electron chi connectivity index (χ1n) is 6.73. The molecule has 0 aliphatic rings. The van der Waals surface area contributed by atoms with Crippen LogP contribution in [0.5, 0.6) is 0 Å². The van der Waals surface area contributed by atoms with Crippen LogP contribution in [0.4, 0.5) is 23.1 Å². The molecule has 2 rings (SSSR count). The Hall–Kier alpha value is -2.29. The fraction of sp³-hybridized carbons (Fsp3) is 0.308. The second-order valence-electron chi connectivity index (χ2n) is 4.44. The molecule has 0 fully saturated rings. The normalized spacial score (nSPS) is 10.3. The molecule has 2 heterocycles. The van der Waals surface area contributed by atoms with Gasteiger partial charge in [-0.3, -0.25) is 10.1 Å². The van der Waals surface area contributed by atoms with Gasteiger partial charge in [-0.05, 0) is 34.5 Å². The lowest BCUT2D eigenvalue weighted by molar-refractivity contribution is -0.383. The highest BCUT2D eigenvalue weighted by molar-refractivity contribution is 9.10. The Morgan fingerprint density at radius 2 is 2.05 bits per heavy atom. The van der Waals surface area contributed by atoms with Gasteiger partial charge in [0, 0.05) is 17.2 Å². The minimum absolute atomic E-state index is 0.105. The predicted molar refractivity (Wildman–Crippen MR) is 87.3 cm³/mol. The van der Waals surface area contributed by atoms with Crippen LogP contribution < -0.4 is 10.6 Å². The fourth-order valence-corrected chi connectivity index (χ4v) is 1.96. The van der Waals surface area contributed by atoms with Crippen molar-refractivity contribution in [2.45, 2.75) is 19.8 Å². The first-order valence-corrected chi connectivity index (χ1v) is 7.53. The number of rotatable bonds is 7. The molecule has 0 saturated carbocycles. The van der Waals surface area contributed by atoms with Gasteiger partial charge in [-0.25, -0.2) is 15.0 Å². The van der Waals surface area contributed by atoms with E-state index in [0.717, 1.165) is 17.3 Å². The Bertz CT molecular complexity index is 649. The van der Waals surface area contributed by atoms with Crippen molar-refractivity contribution in [3.63, 3.8) is 0 Å². The first-order chi connectivity index (χ1) is 10.6. The van der Waals surface area contributed by atoms with Gasteiger partial charge in [0.2, 0.25) is 11.6 Å². The highest BCUT2D eigenvalue weighted by Crippen LogP contribution is 2.30. The van der Waals surface area contributed by atoms with Crippen LogP contribution in [0, 0.1) is 10.1 Å². The summed E-state index contributed by atoms with van der Waals surface area (Å²) in [4.78, 5) is 22.9. The monoisotopic (exact) mass is 366 g/mol. The Morgan fingerprint density at radius 1 is 1.27 bits per heavy atom. The number of aromatic nitrogens is 3. The summed E-state index contributed by atoms with van der Waals surface area (Å²) < 4.78 is 0.817. The summed E-state index contributed by atoms with van der Waals surface area (Å²) in [5.41, 5.74) is -0.191. The van der Waals surface area contributed by atoms with Crippen molar-refractivity contribution in [2.24, 2.45) is 0 Å². The van der Waals surface area contributed by atoms with E-state index in [0.29, 0.717) is 12.4 Å². The first kappa shape index (κ1) is 16.1. The molecule has 0 spiro atoms. The van der Waals surface area contributed by atoms with Crippen molar-refractivity contribution < 1.29 is 4.92 Å². The molecule has 0 radical (unpaired) electrons. The highest BCUT2D eigenvalue weighted by atomic mass is 79.9. The molecule has 0 aliphatic heterocycles. The Morgan fingerprint density at radius 3 is 2.68 bits per heavy atom. The number of nitro groups is 1. The largest absolute Gasteiger partial charge is 0.364 e. The van der Waals surface area contributed by atoms with Crippen LogP contribution in [0.2, 0.25) is 0 Å². The van der Waals surface area contributed by atoms with Gasteiger partial charge in [0.25, 0.3) is 0 Å². The van der Waals surface area contributed by atoms with Gasteiger partial charge in [0.05, 0.1) is 4.92 Å². The summed E-state index contributed by atoms with van der Waals surface area (Å²) in [6, 6.07) is 3.48. The zero-order valence-electron chi connectivity index (χ0n) is 11.9. The lowest BCUT2D eigenvalue weighted by Gasteiger charge is -2.09. The molecule has 0 atom stereocenters. The van der Waals surface area contributed by atoms with E-state index in [9.17, 15) is 10.1 Å². The molecular formula is C13H15BrN6O2. The third-order valence-electron chi connectivity index (χ3n) is 2.80. The third-order valence-corrected chi connectivity index (χ3v) is 3.27. The number of unbranched alkanes of at least 4 members (excludes halogenated alkanes) is 1. The average molecular weight is 367 g/mol. The van der Waals surface area contributed by atoms with E-state index in [1.54, 1.807) is 18.3 Å². The molecule has 0 saturated heterocycles. The second kappa shape index (κ2) is 7.64. The van der Waals surface area contributed by atoms with Crippen molar-refractivity contribution in [1.29, 1.82) is 0 Å². The summed E-state index contributed by atoms with van der Waals surface area (Å²) in [5, 5.41) is 17.2. The summed E-state index contributed by atoms with van der Waals surface area (Å²) >= 11 is 3.28. The zero-order valence-corrected chi connectivity index (χ0v) is 13.5. The van der Waals surface area contributed by atoms with Crippen LogP contribution >= 0.6 is 15.9 Å². The number of nitrogens with one attached hydrogen (secondary N) is 2. The molecule has 8 nitrogen and oxygen atoms in total. The van der Waals surface area contributed by atoms with Gasteiger partial charge in [0.15, 0.2) is 0 Å². The quantitative estimate of drug-likeness (QED) is 0.438. The van der Waals surface area contributed by atoms with E-state index < -0.39 is 4.92 Å². The number of hydrogen-bond donors (Lipinski definition) is 2. The van der Waals surface area contributed by atoms with Crippen molar-refractivity contribution >= 4 is 39.1 Å². The number of nitrogens with zero attached hydrogens (tertiary/aromatic N) is 4. The lowest BCUT2D eigenvalue weighted by atomic mass is 10.3. The topological polar surface area (TPSA) is 106 Å². The summed E-state index contributed by atoms with van der Waals surface area (Å²) in [5.74, 6) is 0.770. The van der Waals surface area contributed by atoms with E-state index in [4.69, 9.17) is 0 Å². The maximum atomic E-state index is 11.3. The molecule has 2 aromatic heterocycles. The Balaban J connectivity index is 2.27. The fourth-order valence-electron chi connectivity index (χ4n) is 1.73. The Labute approximate surface area is 135 Å². The van der Waals surface area contributed by atoms with Crippen LogP contribution in [0.3, 0.4) is 0 Å². The number of hydrogen-bond acceptors (Lipinski definition) is 7. The van der Waals surface area contributed by atoms with Crippen molar-refractivity contribution in [2.75, 3.05) is 17.2 Å². The average Bonchev–Trinajstić information content (AvgIpc) is 2.50. The van der Waals surface area contributed by atoms with Crippen LogP contribution in [0.25, 0.3) is 0 Å². The minimum atomic E-state index is -0.504. The molecule has 0 bridgehead atoms. The van der Waals surface area contributed by atoms with Crippen LogP contribution in [-0.4, -0.2) is 26.4 Å². The maximum Gasteiger partial charge on any atom is 0.353 e. The van der Waals surface area contributed by atoms with Gasteiger partial charge in [-0.2, -0.15) is 0 Å². The standard InChI is InChI=1S/C13H15BrN6O2/c1-2-3-6-15-12-11(20(21)22)13(18-8-17-12)19-10-5-4-9(14)7-16-10/h4-5,7-8H,2-3,6H2,1H3,(H2,15,16,17,18,19). The van der Waals surface area contributed by atoms with Crippen molar-refractivity contribution in [3.05, 3.63) is 39.2 Å². The van der Waals surface area contributed by atoms with Gasteiger partial charge in [-0.15, -0.1) is 0 Å². The number of halogens is 1. The van der Waals surface area contributed by atoms with E-state index in [-0.39, 0.29) is 17.3 Å². The summed E-state index contributed by atoms with van der Waals surface area (Å²) in [7, 11) is 0. The van der Waals surface area contributed by atoms with Crippen molar-refractivity contribution in [3.8, 4) is 0 Å². The van der Waals surface area contributed by atoms with Crippen LogP contribution in [0.15, 0.2) is 29.1 Å². The van der Waals surface area contributed by atoms with Crippen molar-refractivity contribution in [1.82, 2.24) is 15.0 Å². The van der Waals surface area contributed by atoms with E-state index in [2.05, 4.69) is 41.5 Å². The van der Waals surface area contributed by atoms with Crippen LogP contribution in [-0.2, 0) is 0 Å². The second-order valence-corrected chi connectivity index (χ2v) is 5.36. The molecule has 0 amide bonds. The smallest absolute Gasteiger partial charge is 0.353 e. The van der Waals surface area contributed by atoms with Crippen LogP contribution in [0.1, 0.15) is 19.8 Å². The van der Waals surface area contributed by atoms with E-state index in [1.165, 1.54) is 6.33 Å². The molecule has 9 heteroatoms. The molecular weight excluding hydrogens is 352 g/mol. The van der Waals surface area contributed by atoms with E-state index >= 15 is 0 Å². The maximum absolute atomic E-state index is 11.3. The molecule has 22 heavy (non-hydrogen) atoms. The predicted octanol–water partition coefficient (Wildman–Crippen LogP) is 3.50. The van der Waals surface area contributed by atoms with Gasteiger partial charge in [0.1, 0.15) is 12.1 Å². The molecule has 116 valence electrons. The molecule has 0 aliphatic carbocycles. The highest BCUT2D eigenvalue weighted by Gasteiger charge is 2.23. The SMILES string of the molecule is CCCCNc1ncnc(Nc2ccc(Br)cn2)c1[N+](=O)[O-]. The third kappa shape index (κ3) is 4.10. The zero-order chi connectivity index (χ0) is 15.9. The number of anilines is 3. The van der Waals surface area contributed by atoms with Gasteiger partial charge in [-0.1, -0.05) is 13.3 Å². The minimum Gasteiger partial charge on any atom is -0.364 e. The molecule has 0 unspecified atom stereocenters. The Kier molecular flexibility index (Phi) is 5.59. The summed E-state index contributed by atoms with van der Waals surface area (Å²) in [6.45, 7) is 2.66. The van der Waals surface area contributed by atoms with Gasteiger partial charge < -0.3 is 10.6 Å².